The number of esters is 1. The average molecular weight is 518 g/mol. The second kappa shape index (κ2) is 11.2. The highest BCUT2D eigenvalue weighted by molar-refractivity contribution is 9.10. The van der Waals surface area contributed by atoms with Crippen molar-refractivity contribution in [3.8, 4) is 0 Å². The fraction of sp³-hybridized carbons (Fsp3) is 0.304. The van der Waals surface area contributed by atoms with Gasteiger partial charge in [0.2, 0.25) is 5.91 Å². The van der Waals surface area contributed by atoms with Gasteiger partial charge in [-0.25, -0.2) is 0 Å². The summed E-state index contributed by atoms with van der Waals surface area (Å²) in [5.74, 6) is -1.21. The maximum atomic E-state index is 12.6. The molecule has 3 rings (SSSR count). The lowest BCUT2D eigenvalue weighted by Crippen LogP contribution is -2.60. The molecule has 1 unspecified atom stereocenters. The molecule has 1 fully saturated rings. The number of nitrogens with one attached hydrogen (secondary N) is 2. The summed E-state index contributed by atoms with van der Waals surface area (Å²) in [5.41, 5.74) is 2.50. The first-order valence-corrected chi connectivity index (χ1v) is 11.4. The molecule has 1 aliphatic rings. The first-order chi connectivity index (χ1) is 15.3. The van der Waals surface area contributed by atoms with E-state index in [1.54, 1.807) is 17.0 Å². The molecule has 1 atom stereocenters. The highest BCUT2D eigenvalue weighted by atomic mass is 79.9. The number of amides is 2. The minimum Gasteiger partial charge on any atom is -0.465 e. The molecular formula is C23H24BrN3O4S. The molecular weight excluding hydrogens is 494 g/mol. The second-order valence-corrected chi connectivity index (χ2v) is 8.62. The zero-order valence-corrected chi connectivity index (χ0v) is 20.0. The Bertz CT molecular complexity index is 1020. The topological polar surface area (TPSA) is 87.7 Å². The van der Waals surface area contributed by atoms with Gasteiger partial charge in [-0.1, -0.05) is 52.3 Å². The number of hydrogen-bond donors (Lipinski definition) is 2. The van der Waals surface area contributed by atoms with E-state index >= 15 is 0 Å². The monoisotopic (exact) mass is 517 g/mol. The van der Waals surface area contributed by atoms with E-state index in [1.165, 1.54) is 0 Å². The summed E-state index contributed by atoms with van der Waals surface area (Å²) in [5, 5.41) is 5.50. The molecule has 1 saturated heterocycles. The summed E-state index contributed by atoms with van der Waals surface area (Å²) < 4.78 is 6.13. The number of ether oxygens (including phenoxy) is 1. The van der Waals surface area contributed by atoms with Crippen LogP contribution in [0.5, 0.6) is 0 Å². The number of piperazine rings is 1. The third-order valence-corrected chi connectivity index (χ3v) is 6.29. The van der Waals surface area contributed by atoms with Crippen molar-refractivity contribution < 1.29 is 19.1 Å². The van der Waals surface area contributed by atoms with E-state index in [0.29, 0.717) is 25.1 Å². The van der Waals surface area contributed by atoms with Gasteiger partial charge in [0.1, 0.15) is 6.04 Å². The molecule has 0 radical (unpaired) electrons. The molecule has 0 spiro atoms. The zero-order chi connectivity index (χ0) is 23.1. The fourth-order valence-corrected chi connectivity index (χ4v) is 3.97. The number of hydrogen-bond acceptors (Lipinski definition) is 5. The van der Waals surface area contributed by atoms with E-state index in [4.69, 9.17) is 17.0 Å². The van der Waals surface area contributed by atoms with Crippen LogP contribution in [0.3, 0.4) is 0 Å². The Balaban J connectivity index is 1.58. The molecule has 2 amide bonds. The van der Waals surface area contributed by atoms with Gasteiger partial charge in [0.15, 0.2) is 5.11 Å². The Hall–Kier alpha value is -2.78. The van der Waals surface area contributed by atoms with Crippen molar-refractivity contribution in [2.45, 2.75) is 25.8 Å². The van der Waals surface area contributed by atoms with Crippen LogP contribution in [-0.4, -0.2) is 53.5 Å². The van der Waals surface area contributed by atoms with Crippen molar-refractivity contribution in [1.29, 1.82) is 0 Å². The molecule has 32 heavy (non-hydrogen) atoms. The molecule has 2 N–H and O–H groups in total. The van der Waals surface area contributed by atoms with Crippen molar-refractivity contribution in [3.63, 3.8) is 0 Å². The summed E-state index contributed by atoms with van der Waals surface area (Å²) in [6.45, 7) is 2.89. The number of carbonyl (C=O) groups is 3. The predicted molar refractivity (Wildman–Crippen MR) is 128 cm³/mol. The highest BCUT2D eigenvalue weighted by Crippen LogP contribution is 2.18. The highest BCUT2D eigenvalue weighted by Gasteiger charge is 2.34. The summed E-state index contributed by atoms with van der Waals surface area (Å²) in [4.78, 5) is 39.0. The number of thiocarbonyl (C=S) groups is 1. The summed E-state index contributed by atoms with van der Waals surface area (Å²) in [6.07, 6.45) is 0.431. The molecule has 168 valence electrons. The normalized spacial score (nSPS) is 15.6. The Morgan fingerprint density at radius 1 is 1.25 bits per heavy atom. The molecule has 0 aliphatic carbocycles. The van der Waals surface area contributed by atoms with Crippen LogP contribution in [0.25, 0.3) is 0 Å². The van der Waals surface area contributed by atoms with Gasteiger partial charge in [-0.05, 0) is 42.4 Å². The largest absolute Gasteiger partial charge is 0.465 e. The van der Waals surface area contributed by atoms with Crippen LogP contribution in [0.1, 0.15) is 27.9 Å². The Morgan fingerprint density at radius 2 is 2.00 bits per heavy atom. The average Bonchev–Trinajstić information content (AvgIpc) is 2.77. The zero-order valence-electron chi connectivity index (χ0n) is 17.6. The van der Waals surface area contributed by atoms with Gasteiger partial charge in [0, 0.05) is 29.5 Å². The first-order valence-electron chi connectivity index (χ1n) is 10.2. The smallest absolute Gasteiger partial charge is 0.308 e. The van der Waals surface area contributed by atoms with Crippen molar-refractivity contribution in [3.05, 3.63) is 69.7 Å². The number of benzene rings is 2. The summed E-state index contributed by atoms with van der Waals surface area (Å²) >= 11 is 8.80. The van der Waals surface area contributed by atoms with Crippen LogP contribution in [0.2, 0.25) is 0 Å². The third kappa shape index (κ3) is 6.37. The predicted octanol–water partition coefficient (Wildman–Crippen LogP) is 2.75. The maximum absolute atomic E-state index is 12.6. The van der Waals surface area contributed by atoms with E-state index in [-0.39, 0.29) is 30.0 Å². The number of halogens is 1. The Kier molecular flexibility index (Phi) is 8.35. The van der Waals surface area contributed by atoms with Crippen molar-refractivity contribution >= 4 is 51.0 Å². The molecule has 0 bridgehead atoms. The fourth-order valence-electron chi connectivity index (χ4n) is 3.28. The Labute approximate surface area is 200 Å². The molecule has 0 saturated carbocycles. The number of nitrogens with zero attached hydrogens (tertiary/aromatic N) is 1. The van der Waals surface area contributed by atoms with Gasteiger partial charge in [-0.2, -0.15) is 0 Å². The lowest BCUT2D eigenvalue weighted by Gasteiger charge is -2.36. The molecule has 1 aliphatic heterocycles. The minimum absolute atomic E-state index is 0.101. The third-order valence-electron chi connectivity index (χ3n) is 5.10. The van der Waals surface area contributed by atoms with Crippen LogP contribution < -0.4 is 10.6 Å². The molecule has 7 nitrogen and oxygen atoms in total. The van der Waals surface area contributed by atoms with E-state index in [9.17, 15) is 14.4 Å². The van der Waals surface area contributed by atoms with E-state index < -0.39 is 12.0 Å². The van der Waals surface area contributed by atoms with Gasteiger partial charge in [-0.3, -0.25) is 19.7 Å². The van der Waals surface area contributed by atoms with Crippen LogP contribution in [0.4, 0.5) is 0 Å². The molecule has 1 heterocycles. The van der Waals surface area contributed by atoms with E-state index in [0.717, 1.165) is 15.6 Å². The van der Waals surface area contributed by atoms with Crippen molar-refractivity contribution in [1.82, 2.24) is 15.5 Å². The quantitative estimate of drug-likeness (QED) is 0.452. The molecule has 0 aromatic heterocycles. The number of rotatable bonds is 6. The first kappa shape index (κ1) is 23.9. The Morgan fingerprint density at radius 3 is 2.72 bits per heavy atom. The summed E-state index contributed by atoms with van der Waals surface area (Å²) in [7, 11) is 0. The lowest BCUT2D eigenvalue weighted by atomic mass is 10.1. The van der Waals surface area contributed by atoms with Gasteiger partial charge in [0.25, 0.3) is 5.91 Å². The standard InChI is InChI=1S/C23H24BrN3O4S/c1-15-7-8-17(13-18(15)24)21(29)26-23(32)27-11-10-25-22(30)19(27)14-20(28)31-12-9-16-5-3-2-4-6-16/h2-8,13,19H,9-12,14H2,1H3,(H,25,30)(H,26,29,32). The van der Waals surface area contributed by atoms with E-state index in [2.05, 4.69) is 26.6 Å². The number of aryl methyl sites for hydroxylation is 1. The van der Waals surface area contributed by atoms with Crippen LogP contribution in [0, 0.1) is 6.92 Å². The van der Waals surface area contributed by atoms with E-state index in [1.807, 2.05) is 43.3 Å². The van der Waals surface area contributed by atoms with Gasteiger partial charge in [-0.15, -0.1) is 0 Å². The van der Waals surface area contributed by atoms with Gasteiger partial charge in [0.05, 0.1) is 13.0 Å². The lowest BCUT2D eigenvalue weighted by molar-refractivity contribution is -0.147. The number of carbonyl (C=O) groups excluding carboxylic acids is 3. The van der Waals surface area contributed by atoms with Crippen LogP contribution in [0.15, 0.2) is 53.0 Å². The second-order valence-electron chi connectivity index (χ2n) is 7.38. The molecule has 2 aromatic rings. The van der Waals surface area contributed by atoms with Gasteiger partial charge < -0.3 is 15.0 Å². The van der Waals surface area contributed by atoms with Gasteiger partial charge >= 0.3 is 5.97 Å². The minimum atomic E-state index is -0.842. The van der Waals surface area contributed by atoms with Crippen molar-refractivity contribution in [2.75, 3.05) is 19.7 Å². The van der Waals surface area contributed by atoms with Crippen LogP contribution >= 0.6 is 28.1 Å². The van der Waals surface area contributed by atoms with Crippen molar-refractivity contribution in [2.24, 2.45) is 0 Å². The summed E-state index contributed by atoms with van der Waals surface area (Å²) in [6, 6.07) is 14.1. The van der Waals surface area contributed by atoms with Crippen LogP contribution in [-0.2, 0) is 20.7 Å². The SMILES string of the molecule is Cc1ccc(C(=O)NC(=S)N2CCNC(=O)C2CC(=O)OCCc2ccccc2)cc1Br. The maximum Gasteiger partial charge on any atom is 0.308 e. The molecule has 2 aromatic carbocycles. The molecule has 9 heteroatoms.